The number of benzene rings is 1. The van der Waals surface area contributed by atoms with E-state index in [1.807, 2.05) is 4.90 Å². The number of phenolic OH excluding ortho intramolecular Hbond substituents is 1. The molecule has 2 aromatic rings. The number of hydrogen-bond donors (Lipinski definition) is 2. The minimum Gasteiger partial charge on any atom is -0.506 e. The van der Waals surface area contributed by atoms with Gasteiger partial charge < -0.3 is 15.3 Å². The fourth-order valence-corrected chi connectivity index (χ4v) is 5.31. The van der Waals surface area contributed by atoms with Crippen molar-refractivity contribution in [3.05, 3.63) is 45.6 Å². The average molecular weight is 399 g/mol. The van der Waals surface area contributed by atoms with Crippen LogP contribution in [0.5, 0.6) is 5.75 Å². The van der Waals surface area contributed by atoms with E-state index in [4.69, 9.17) is 0 Å². The van der Waals surface area contributed by atoms with Gasteiger partial charge in [0, 0.05) is 23.9 Å². The number of aromatic hydroxyl groups is 1. The number of piperidine rings is 1. The van der Waals surface area contributed by atoms with Crippen molar-refractivity contribution in [1.29, 1.82) is 0 Å². The Labute approximate surface area is 169 Å². The summed E-state index contributed by atoms with van der Waals surface area (Å²) in [7, 11) is 0. The van der Waals surface area contributed by atoms with Gasteiger partial charge in [0.1, 0.15) is 5.75 Å². The number of carbonyl (C=O) groups is 2. The van der Waals surface area contributed by atoms with Crippen molar-refractivity contribution in [1.82, 2.24) is 4.90 Å². The van der Waals surface area contributed by atoms with Gasteiger partial charge in [-0.25, -0.2) is 0 Å². The highest BCUT2D eigenvalue weighted by atomic mass is 32.1. The molecule has 2 aliphatic rings. The third-order valence-electron chi connectivity index (χ3n) is 5.77. The lowest BCUT2D eigenvalue weighted by Gasteiger charge is -2.31. The third-order valence-corrected chi connectivity index (χ3v) is 7.00. The summed E-state index contributed by atoms with van der Waals surface area (Å²) in [5.41, 5.74) is 1.80. The van der Waals surface area contributed by atoms with E-state index >= 15 is 0 Å². The Hall–Kier alpha value is -2.34. The molecular formula is C22H26N2O3S. The largest absolute Gasteiger partial charge is 0.506 e. The Bertz CT molecular complexity index is 845. The number of nitrogens with zero attached hydrogens (tertiary/aromatic N) is 1. The highest BCUT2D eigenvalue weighted by Crippen LogP contribution is 2.31. The fourth-order valence-electron chi connectivity index (χ4n) is 4.09. The third kappa shape index (κ3) is 4.07. The second-order valence-electron chi connectivity index (χ2n) is 7.69. The van der Waals surface area contributed by atoms with Crippen LogP contribution >= 0.6 is 11.3 Å². The normalized spacial score (nSPS) is 17.6. The molecule has 2 N–H and O–H groups in total. The highest BCUT2D eigenvalue weighted by Gasteiger charge is 2.29. The maximum atomic E-state index is 12.9. The summed E-state index contributed by atoms with van der Waals surface area (Å²) in [6, 6.07) is 8.84. The molecule has 0 saturated carbocycles. The molecular weight excluding hydrogens is 372 g/mol. The van der Waals surface area contributed by atoms with E-state index in [0.717, 1.165) is 17.7 Å². The molecule has 0 atom stereocenters. The van der Waals surface area contributed by atoms with Gasteiger partial charge in [0.25, 0.3) is 5.91 Å². The first-order valence-corrected chi connectivity index (χ1v) is 10.9. The summed E-state index contributed by atoms with van der Waals surface area (Å²) in [5.74, 6) is -0.0429. The van der Waals surface area contributed by atoms with Gasteiger partial charge in [0.15, 0.2) is 0 Å². The Balaban J connectivity index is 1.34. The van der Waals surface area contributed by atoms with Crippen LogP contribution in [-0.4, -0.2) is 34.9 Å². The van der Waals surface area contributed by atoms with Crippen LogP contribution in [0.3, 0.4) is 0 Å². The molecule has 0 spiro atoms. The maximum Gasteiger partial charge on any atom is 0.263 e. The summed E-state index contributed by atoms with van der Waals surface area (Å²) in [4.78, 5) is 29.5. The zero-order valence-electron chi connectivity index (χ0n) is 15.9. The Morgan fingerprint density at radius 1 is 1.07 bits per heavy atom. The van der Waals surface area contributed by atoms with E-state index in [0.29, 0.717) is 31.6 Å². The number of phenols is 1. The molecule has 5 nitrogen and oxygen atoms in total. The molecule has 0 unspecified atom stereocenters. The molecule has 6 heteroatoms. The van der Waals surface area contributed by atoms with Gasteiger partial charge in [-0.2, -0.15) is 0 Å². The van der Waals surface area contributed by atoms with Crippen LogP contribution in [0.25, 0.3) is 0 Å². The summed E-state index contributed by atoms with van der Waals surface area (Å²) >= 11 is 1.66. The molecule has 0 bridgehead atoms. The van der Waals surface area contributed by atoms with E-state index in [9.17, 15) is 14.7 Å². The summed E-state index contributed by atoms with van der Waals surface area (Å²) in [5, 5.41) is 12.6. The summed E-state index contributed by atoms with van der Waals surface area (Å²) in [6.45, 7) is 1.19. The van der Waals surface area contributed by atoms with Gasteiger partial charge in [-0.15, -0.1) is 11.3 Å². The molecule has 1 saturated heterocycles. The van der Waals surface area contributed by atoms with Crippen LogP contribution < -0.4 is 5.32 Å². The highest BCUT2D eigenvalue weighted by molar-refractivity contribution is 7.14. The van der Waals surface area contributed by atoms with E-state index in [-0.39, 0.29) is 23.5 Å². The van der Waals surface area contributed by atoms with E-state index in [1.54, 1.807) is 35.6 Å². The predicted octanol–water partition coefficient (Wildman–Crippen LogP) is 4.21. The Kier molecular flexibility index (Phi) is 5.67. The number of para-hydroxylation sites is 2. The van der Waals surface area contributed by atoms with Crippen molar-refractivity contribution >= 4 is 28.8 Å². The van der Waals surface area contributed by atoms with Crippen LogP contribution in [-0.2, 0) is 17.6 Å². The van der Waals surface area contributed by atoms with E-state index < -0.39 is 0 Å². The molecule has 4 rings (SSSR count). The minimum atomic E-state index is -0.135. The number of likely N-dealkylation sites (tertiary alicyclic amines) is 1. The van der Waals surface area contributed by atoms with Crippen LogP contribution in [0.1, 0.15) is 52.2 Å². The van der Waals surface area contributed by atoms with Crippen LogP contribution in [0.15, 0.2) is 30.3 Å². The lowest BCUT2D eigenvalue weighted by Crippen LogP contribution is -2.41. The number of fused-ring (bicyclic) bond motifs is 1. The van der Waals surface area contributed by atoms with Crippen LogP contribution in [0.2, 0.25) is 0 Å². The van der Waals surface area contributed by atoms with Gasteiger partial charge in [-0.05, 0) is 62.3 Å². The second-order valence-corrected chi connectivity index (χ2v) is 8.83. The lowest BCUT2D eigenvalue weighted by molar-refractivity contribution is -0.121. The molecule has 1 fully saturated rings. The number of aryl methyl sites for hydroxylation is 2. The molecule has 2 heterocycles. The van der Waals surface area contributed by atoms with Gasteiger partial charge in [0.05, 0.1) is 10.6 Å². The van der Waals surface area contributed by atoms with E-state index in [2.05, 4.69) is 11.4 Å². The first-order chi connectivity index (χ1) is 13.6. The number of carbonyl (C=O) groups excluding carboxylic acids is 2. The molecule has 28 heavy (non-hydrogen) atoms. The molecule has 0 radical (unpaired) electrons. The predicted molar refractivity (Wildman–Crippen MR) is 111 cm³/mol. The number of anilines is 1. The summed E-state index contributed by atoms with van der Waals surface area (Å²) < 4.78 is 0. The van der Waals surface area contributed by atoms with E-state index in [1.165, 1.54) is 29.7 Å². The fraction of sp³-hybridized carbons (Fsp3) is 0.455. The first kappa shape index (κ1) is 19.0. The summed E-state index contributed by atoms with van der Waals surface area (Å²) in [6.07, 6.45) is 7.20. The molecule has 1 aliphatic carbocycles. The van der Waals surface area contributed by atoms with Crippen LogP contribution in [0.4, 0.5) is 5.69 Å². The molecule has 2 amide bonds. The quantitative estimate of drug-likeness (QED) is 0.601. The number of hydrogen-bond acceptors (Lipinski definition) is 4. The van der Waals surface area contributed by atoms with Crippen molar-refractivity contribution in [2.75, 3.05) is 18.4 Å². The first-order valence-electron chi connectivity index (χ1n) is 10.1. The van der Waals surface area contributed by atoms with Gasteiger partial charge >= 0.3 is 0 Å². The van der Waals surface area contributed by atoms with Gasteiger partial charge in [-0.1, -0.05) is 18.6 Å². The zero-order chi connectivity index (χ0) is 19.5. The van der Waals surface area contributed by atoms with Gasteiger partial charge in [0.2, 0.25) is 5.91 Å². The standard InChI is InChI=1S/C22H26N2O3S/c25-18-8-5-4-7-17(18)23-21(26)15-10-12-24(13-11-15)22(27)20-14-16-6-2-1-3-9-19(16)28-20/h4-5,7-8,14-15,25H,1-3,6,9-13H2,(H,23,26). The zero-order valence-corrected chi connectivity index (χ0v) is 16.8. The number of nitrogens with one attached hydrogen (secondary N) is 1. The second kappa shape index (κ2) is 8.35. The van der Waals surface area contributed by atoms with Crippen molar-refractivity contribution in [2.45, 2.75) is 44.9 Å². The lowest BCUT2D eigenvalue weighted by atomic mass is 9.95. The number of amides is 2. The van der Waals surface area contributed by atoms with Crippen molar-refractivity contribution in [3.63, 3.8) is 0 Å². The monoisotopic (exact) mass is 398 g/mol. The van der Waals surface area contributed by atoms with Crippen molar-refractivity contribution in [2.24, 2.45) is 5.92 Å². The van der Waals surface area contributed by atoms with Crippen LogP contribution in [0, 0.1) is 5.92 Å². The Morgan fingerprint density at radius 2 is 1.82 bits per heavy atom. The molecule has 1 aromatic heterocycles. The molecule has 1 aliphatic heterocycles. The minimum absolute atomic E-state index is 0.0703. The Morgan fingerprint density at radius 3 is 2.61 bits per heavy atom. The number of thiophene rings is 1. The average Bonchev–Trinajstić information content (AvgIpc) is 2.99. The number of rotatable bonds is 3. The molecule has 1 aromatic carbocycles. The van der Waals surface area contributed by atoms with Crippen molar-refractivity contribution < 1.29 is 14.7 Å². The van der Waals surface area contributed by atoms with Crippen molar-refractivity contribution in [3.8, 4) is 5.75 Å². The smallest absolute Gasteiger partial charge is 0.263 e. The maximum absolute atomic E-state index is 12.9. The van der Waals surface area contributed by atoms with Gasteiger partial charge in [-0.3, -0.25) is 9.59 Å². The SMILES string of the molecule is O=C(Nc1ccccc1O)C1CCN(C(=O)c2cc3c(s2)CCCCC3)CC1. The topological polar surface area (TPSA) is 69.6 Å². The molecule has 148 valence electrons.